The Morgan fingerprint density at radius 1 is 1.11 bits per heavy atom. The smallest absolute Gasteiger partial charge is 0.290 e. The summed E-state index contributed by atoms with van der Waals surface area (Å²) < 4.78 is 11.2. The van der Waals surface area contributed by atoms with Gasteiger partial charge in [0.05, 0.1) is 23.6 Å². The minimum Gasteiger partial charge on any atom is -0.450 e. The molecule has 0 N–H and O–H groups in total. The predicted octanol–water partition coefficient (Wildman–Crippen LogP) is 3.60. The Balaban J connectivity index is 2.01. The second-order valence-electron chi connectivity index (χ2n) is 6.94. The van der Waals surface area contributed by atoms with Crippen LogP contribution in [0, 0.1) is 13.8 Å². The molecule has 4 rings (SSSR count). The first kappa shape index (κ1) is 17.5. The summed E-state index contributed by atoms with van der Waals surface area (Å²) in [7, 11) is 1.59. The van der Waals surface area contributed by atoms with Crippen LogP contribution in [0.25, 0.3) is 11.0 Å². The van der Waals surface area contributed by atoms with Crippen molar-refractivity contribution in [1.29, 1.82) is 0 Å². The monoisotopic (exact) mass is 363 g/mol. The summed E-state index contributed by atoms with van der Waals surface area (Å²) in [5, 5.41) is 0.522. The number of aryl methyl sites for hydroxylation is 2. The van der Waals surface area contributed by atoms with Crippen molar-refractivity contribution < 1.29 is 13.9 Å². The number of benzene rings is 2. The van der Waals surface area contributed by atoms with Crippen LogP contribution in [0.5, 0.6) is 0 Å². The fourth-order valence-electron chi connectivity index (χ4n) is 3.88. The van der Waals surface area contributed by atoms with Crippen LogP contribution >= 0.6 is 0 Å². The number of hydrogen-bond donors (Lipinski definition) is 0. The van der Waals surface area contributed by atoms with Gasteiger partial charge in [-0.2, -0.15) is 0 Å². The van der Waals surface area contributed by atoms with Gasteiger partial charge in [-0.25, -0.2) is 0 Å². The van der Waals surface area contributed by atoms with Gasteiger partial charge in [-0.05, 0) is 36.6 Å². The van der Waals surface area contributed by atoms with Crippen molar-refractivity contribution in [2.75, 3.05) is 20.3 Å². The first-order valence-corrected chi connectivity index (χ1v) is 8.95. The molecule has 0 fully saturated rings. The van der Waals surface area contributed by atoms with E-state index >= 15 is 0 Å². The largest absolute Gasteiger partial charge is 0.450 e. The number of amides is 1. The van der Waals surface area contributed by atoms with E-state index in [-0.39, 0.29) is 17.1 Å². The van der Waals surface area contributed by atoms with E-state index in [0.717, 1.165) is 16.7 Å². The molecule has 5 heteroatoms. The summed E-state index contributed by atoms with van der Waals surface area (Å²) in [4.78, 5) is 28.2. The molecule has 0 aliphatic carbocycles. The maximum absolute atomic E-state index is 13.4. The first-order chi connectivity index (χ1) is 13.0. The van der Waals surface area contributed by atoms with Crippen LogP contribution in [-0.2, 0) is 4.74 Å². The summed E-state index contributed by atoms with van der Waals surface area (Å²) >= 11 is 0. The van der Waals surface area contributed by atoms with Crippen LogP contribution in [0.15, 0.2) is 51.7 Å². The highest BCUT2D eigenvalue weighted by Crippen LogP contribution is 2.38. The van der Waals surface area contributed by atoms with Gasteiger partial charge in [0.2, 0.25) is 5.76 Å². The Kier molecular flexibility index (Phi) is 4.32. The molecule has 0 saturated heterocycles. The van der Waals surface area contributed by atoms with Gasteiger partial charge >= 0.3 is 0 Å². The predicted molar refractivity (Wildman–Crippen MR) is 103 cm³/mol. The zero-order valence-corrected chi connectivity index (χ0v) is 15.6. The van der Waals surface area contributed by atoms with Crippen molar-refractivity contribution >= 4 is 16.9 Å². The highest BCUT2D eigenvalue weighted by atomic mass is 16.5. The van der Waals surface area contributed by atoms with Crippen molar-refractivity contribution in [2.45, 2.75) is 19.9 Å². The second-order valence-corrected chi connectivity index (χ2v) is 6.94. The van der Waals surface area contributed by atoms with Crippen LogP contribution < -0.4 is 5.43 Å². The Morgan fingerprint density at radius 3 is 2.56 bits per heavy atom. The van der Waals surface area contributed by atoms with Crippen molar-refractivity contribution in [1.82, 2.24) is 4.90 Å². The lowest BCUT2D eigenvalue weighted by molar-refractivity contribution is 0.0663. The fraction of sp³-hybridized carbons (Fsp3) is 0.273. The molecule has 138 valence electrons. The van der Waals surface area contributed by atoms with Crippen LogP contribution in [0.2, 0.25) is 0 Å². The van der Waals surface area contributed by atoms with E-state index in [9.17, 15) is 9.59 Å². The number of nitrogens with zero attached hydrogens (tertiary/aromatic N) is 1. The molecule has 27 heavy (non-hydrogen) atoms. The van der Waals surface area contributed by atoms with Gasteiger partial charge in [0.1, 0.15) is 5.58 Å². The van der Waals surface area contributed by atoms with Gasteiger partial charge in [-0.1, -0.05) is 36.4 Å². The Bertz CT molecular complexity index is 1080. The van der Waals surface area contributed by atoms with E-state index in [0.29, 0.717) is 29.7 Å². The van der Waals surface area contributed by atoms with Crippen molar-refractivity contribution in [3.8, 4) is 0 Å². The van der Waals surface area contributed by atoms with Crippen molar-refractivity contribution in [2.24, 2.45) is 0 Å². The Hall–Kier alpha value is -2.92. The molecule has 1 amide bonds. The minimum atomic E-state index is -0.467. The number of ether oxygens (including phenoxy) is 1. The molecule has 1 aromatic heterocycles. The first-order valence-electron chi connectivity index (χ1n) is 8.95. The summed E-state index contributed by atoms with van der Waals surface area (Å²) in [6.45, 7) is 4.60. The van der Waals surface area contributed by atoms with E-state index in [1.807, 2.05) is 56.3 Å². The standard InChI is InChI=1S/C22H21NO4/c1-13-11-14(2)20-16(12-13)19(24)17-18(15-7-5-4-6-8-15)23(9-10-26-3)22(25)21(17)27-20/h4-8,11-12,18H,9-10H2,1-3H3. The van der Waals surface area contributed by atoms with E-state index in [1.54, 1.807) is 12.0 Å². The highest BCUT2D eigenvalue weighted by Gasteiger charge is 2.42. The summed E-state index contributed by atoms with van der Waals surface area (Å²) in [5.74, 6) is -0.126. The van der Waals surface area contributed by atoms with E-state index in [1.165, 1.54) is 0 Å². The van der Waals surface area contributed by atoms with Gasteiger partial charge in [0.25, 0.3) is 5.91 Å². The zero-order valence-electron chi connectivity index (χ0n) is 15.6. The van der Waals surface area contributed by atoms with Gasteiger partial charge < -0.3 is 14.1 Å². The minimum absolute atomic E-state index is 0.139. The normalized spacial score (nSPS) is 16.2. The topological polar surface area (TPSA) is 59.8 Å². The molecule has 2 aromatic carbocycles. The molecule has 0 saturated carbocycles. The SMILES string of the molecule is COCCN1C(=O)c2oc3c(C)cc(C)cc3c(=O)c2C1c1ccccc1. The lowest BCUT2D eigenvalue weighted by atomic mass is 9.97. The van der Waals surface area contributed by atoms with Gasteiger partial charge in [0.15, 0.2) is 5.43 Å². The van der Waals surface area contributed by atoms with Crippen LogP contribution in [0.3, 0.4) is 0 Å². The van der Waals surface area contributed by atoms with Crippen molar-refractivity contribution in [3.63, 3.8) is 0 Å². The molecule has 0 bridgehead atoms. The van der Waals surface area contributed by atoms with Crippen LogP contribution in [-0.4, -0.2) is 31.1 Å². The molecule has 1 aliphatic heterocycles. The number of methoxy groups -OCH3 is 1. The Labute approximate surface area is 157 Å². The number of rotatable bonds is 4. The average Bonchev–Trinajstić information content (AvgIpc) is 2.94. The molecule has 3 aromatic rings. The summed E-state index contributed by atoms with van der Waals surface area (Å²) in [6, 6.07) is 12.9. The van der Waals surface area contributed by atoms with Gasteiger partial charge in [-0.15, -0.1) is 0 Å². The van der Waals surface area contributed by atoms with Crippen LogP contribution in [0.1, 0.15) is 38.9 Å². The third-order valence-corrected chi connectivity index (χ3v) is 5.05. The summed E-state index contributed by atoms with van der Waals surface area (Å²) in [6.07, 6.45) is 0. The maximum atomic E-state index is 13.4. The number of fused-ring (bicyclic) bond motifs is 2. The lowest BCUT2D eigenvalue weighted by Crippen LogP contribution is -2.32. The molecule has 0 radical (unpaired) electrons. The van der Waals surface area contributed by atoms with Crippen molar-refractivity contribution in [3.05, 3.63) is 80.7 Å². The molecular formula is C22H21NO4. The number of hydrogen-bond acceptors (Lipinski definition) is 4. The maximum Gasteiger partial charge on any atom is 0.290 e. The molecule has 1 unspecified atom stereocenters. The number of carbonyl (C=O) groups is 1. The highest BCUT2D eigenvalue weighted by molar-refractivity contribution is 5.99. The quantitative estimate of drug-likeness (QED) is 0.711. The lowest BCUT2D eigenvalue weighted by Gasteiger charge is -2.24. The van der Waals surface area contributed by atoms with E-state index in [2.05, 4.69) is 0 Å². The van der Waals surface area contributed by atoms with E-state index < -0.39 is 6.04 Å². The molecule has 0 spiro atoms. The molecule has 1 aliphatic rings. The third-order valence-electron chi connectivity index (χ3n) is 5.05. The molecular weight excluding hydrogens is 342 g/mol. The zero-order chi connectivity index (χ0) is 19.1. The second kappa shape index (κ2) is 6.67. The van der Waals surface area contributed by atoms with Crippen LogP contribution in [0.4, 0.5) is 0 Å². The average molecular weight is 363 g/mol. The Morgan fingerprint density at radius 2 is 1.85 bits per heavy atom. The van der Waals surface area contributed by atoms with Gasteiger partial charge in [0, 0.05) is 13.7 Å². The molecule has 2 heterocycles. The van der Waals surface area contributed by atoms with E-state index in [4.69, 9.17) is 9.15 Å². The molecule has 5 nitrogen and oxygen atoms in total. The summed E-state index contributed by atoms with van der Waals surface area (Å²) in [5.41, 5.74) is 3.49. The molecule has 1 atom stereocenters. The number of carbonyl (C=O) groups excluding carboxylic acids is 1. The third kappa shape index (κ3) is 2.75. The fourth-order valence-corrected chi connectivity index (χ4v) is 3.88. The van der Waals surface area contributed by atoms with Gasteiger partial charge in [-0.3, -0.25) is 9.59 Å².